The molecule has 0 aliphatic carbocycles. The van der Waals surface area contributed by atoms with Crippen LogP contribution in [0.2, 0.25) is 5.02 Å². The Morgan fingerprint density at radius 2 is 1.85 bits per heavy atom. The summed E-state index contributed by atoms with van der Waals surface area (Å²) in [6, 6.07) is 14.3. The van der Waals surface area contributed by atoms with E-state index in [0.717, 1.165) is 64.8 Å². The van der Waals surface area contributed by atoms with Crippen molar-refractivity contribution in [2.75, 3.05) is 24.6 Å². The number of halogens is 1. The molecule has 0 radical (unpaired) electrons. The number of hydrogen-bond donors (Lipinski definition) is 2. The van der Waals surface area contributed by atoms with Gasteiger partial charge in [0.15, 0.2) is 0 Å². The fraction of sp³-hybridized carbons (Fsp3) is 0.481. The highest BCUT2D eigenvalue weighted by Crippen LogP contribution is 2.63. The minimum atomic E-state index is -1.11. The molecular formula is C27H30ClNOS3. The van der Waals surface area contributed by atoms with E-state index in [4.69, 9.17) is 11.6 Å². The van der Waals surface area contributed by atoms with E-state index in [1.807, 2.05) is 41.7 Å². The highest BCUT2D eigenvalue weighted by atomic mass is 35.5. The molecule has 2 fully saturated rings. The lowest BCUT2D eigenvalue weighted by molar-refractivity contribution is 0.0579. The largest absolute Gasteiger partial charge is 0.378 e. The van der Waals surface area contributed by atoms with Crippen LogP contribution in [0.1, 0.15) is 49.7 Å². The molecule has 3 aliphatic heterocycles. The molecule has 5 rings (SSSR count). The number of aliphatic hydroxyl groups is 1. The summed E-state index contributed by atoms with van der Waals surface area (Å²) in [5.41, 5.74) is 0.842. The number of nitrogens with one attached hydrogen (secondary N) is 1. The van der Waals surface area contributed by atoms with Crippen LogP contribution in [-0.4, -0.2) is 33.8 Å². The van der Waals surface area contributed by atoms with Gasteiger partial charge in [-0.1, -0.05) is 41.6 Å². The number of thioether (sulfide) groups is 2. The maximum absolute atomic E-state index is 12.8. The molecule has 0 spiro atoms. The fourth-order valence-electron chi connectivity index (χ4n) is 5.14. The van der Waals surface area contributed by atoms with Crippen LogP contribution in [0, 0.1) is 17.8 Å². The van der Waals surface area contributed by atoms with Crippen molar-refractivity contribution >= 4 is 46.9 Å². The number of hydrogen-bond acceptors (Lipinski definition) is 5. The molecule has 3 heterocycles. The number of benzene rings is 2. The molecule has 2 nitrogen and oxygen atoms in total. The average Bonchev–Trinajstić information content (AvgIpc) is 2.86. The van der Waals surface area contributed by atoms with Gasteiger partial charge in [0, 0.05) is 38.8 Å². The van der Waals surface area contributed by atoms with Gasteiger partial charge in [0.2, 0.25) is 0 Å². The van der Waals surface area contributed by atoms with Gasteiger partial charge in [0.05, 0.1) is 4.08 Å². The van der Waals surface area contributed by atoms with Gasteiger partial charge >= 0.3 is 0 Å². The molecule has 174 valence electrons. The van der Waals surface area contributed by atoms with Gasteiger partial charge in [0.25, 0.3) is 0 Å². The highest BCUT2D eigenvalue weighted by Gasteiger charge is 2.57. The van der Waals surface area contributed by atoms with Crippen molar-refractivity contribution in [2.24, 2.45) is 5.92 Å². The number of fused-ring (bicyclic) bond motifs is 2. The zero-order chi connectivity index (χ0) is 22.7. The van der Waals surface area contributed by atoms with Crippen molar-refractivity contribution < 1.29 is 5.11 Å². The summed E-state index contributed by atoms with van der Waals surface area (Å²) in [7, 11) is 0. The molecule has 0 saturated carbocycles. The zero-order valence-electron chi connectivity index (χ0n) is 18.7. The molecule has 0 amide bonds. The average molecular weight is 516 g/mol. The third kappa shape index (κ3) is 4.73. The first-order chi connectivity index (χ1) is 16.1. The first-order valence-electron chi connectivity index (χ1n) is 11.9. The van der Waals surface area contributed by atoms with Crippen LogP contribution in [0.5, 0.6) is 0 Å². The topological polar surface area (TPSA) is 32.3 Å². The summed E-state index contributed by atoms with van der Waals surface area (Å²) in [6.45, 7) is 2.24. The Labute approximate surface area is 215 Å². The molecule has 2 unspecified atom stereocenters. The smallest absolute Gasteiger partial charge is 0.141 e. The second-order valence-electron chi connectivity index (χ2n) is 9.02. The molecule has 33 heavy (non-hydrogen) atoms. The molecule has 0 bridgehead atoms. The van der Waals surface area contributed by atoms with Crippen LogP contribution in [0.25, 0.3) is 0 Å². The number of piperidine rings is 1. The minimum Gasteiger partial charge on any atom is -0.378 e. The predicted octanol–water partition coefficient (Wildman–Crippen LogP) is 6.78. The van der Waals surface area contributed by atoms with Crippen LogP contribution >= 0.6 is 46.9 Å². The summed E-state index contributed by atoms with van der Waals surface area (Å²) in [6.07, 6.45) is 6.33. The summed E-state index contributed by atoms with van der Waals surface area (Å²) in [4.78, 5) is 2.24. The molecule has 3 aliphatic rings. The summed E-state index contributed by atoms with van der Waals surface area (Å²) in [5.74, 6) is 9.73. The number of rotatable bonds is 4. The maximum atomic E-state index is 12.8. The second-order valence-corrected chi connectivity index (χ2v) is 13.6. The van der Waals surface area contributed by atoms with Gasteiger partial charge in [-0.3, -0.25) is 0 Å². The second kappa shape index (κ2) is 10.5. The summed E-state index contributed by atoms with van der Waals surface area (Å²) < 4.78 is -0.386. The molecule has 6 heteroatoms. The van der Waals surface area contributed by atoms with Crippen molar-refractivity contribution in [1.82, 2.24) is 5.32 Å². The lowest BCUT2D eigenvalue weighted by Crippen LogP contribution is -2.51. The Kier molecular flexibility index (Phi) is 7.61. The van der Waals surface area contributed by atoms with E-state index in [0.29, 0.717) is 10.9 Å². The Balaban J connectivity index is 1.48. The zero-order valence-corrected chi connectivity index (χ0v) is 21.9. The molecule has 2 saturated heterocycles. The lowest BCUT2D eigenvalue weighted by Gasteiger charge is -2.51. The van der Waals surface area contributed by atoms with Crippen molar-refractivity contribution in [3.05, 3.63) is 58.6 Å². The normalized spacial score (nSPS) is 25.9. The fourth-order valence-corrected chi connectivity index (χ4v) is 10.1. The lowest BCUT2D eigenvalue weighted by atomic mass is 9.80. The van der Waals surface area contributed by atoms with Crippen molar-refractivity contribution in [3.8, 4) is 11.8 Å². The van der Waals surface area contributed by atoms with Crippen LogP contribution in [0.15, 0.2) is 52.3 Å². The SMILES string of the molecule is OC1(C2(CCC#CCC3CCCNC3)SCCCS2)c2ccccc2Sc2ccc(Cl)cc21. The van der Waals surface area contributed by atoms with Crippen molar-refractivity contribution in [2.45, 2.75) is 58.0 Å². The Morgan fingerprint density at radius 3 is 2.67 bits per heavy atom. The van der Waals surface area contributed by atoms with E-state index in [-0.39, 0.29) is 4.08 Å². The van der Waals surface area contributed by atoms with E-state index < -0.39 is 5.60 Å². The van der Waals surface area contributed by atoms with Crippen molar-refractivity contribution in [3.63, 3.8) is 0 Å². The Hall–Kier alpha value is -0.740. The van der Waals surface area contributed by atoms with E-state index in [1.54, 1.807) is 11.8 Å². The van der Waals surface area contributed by atoms with Gasteiger partial charge in [0.1, 0.15) is 5.60 Å². The summed E-state index contributed by atoms with van der Waals surface area (Å²) in [5, 5.41) is 16.9. The molecular weight excluding hydrogens is 486 g/mol. The first-order valence-corrected chi connectivity index (χ1v) is 15.0. The van der Waals surface area contributed by atoms with E-state index in [2.05, 4.69) is 41.4 Å². The monoisotopic (exact) mass is 515 g/mol. The molecule has 2 aromatic rings. The van der Waals surface area contributed by atoms with E-state index in [1.165, 1.54) is 19.3 Å². The molecule has 2 N–H and O–H groups in total. The van der Waals surface area contributed by atoms with Gasteiger partial charge in [-0.15, -0.1) is 35.4 Å². The van der Waals surface area contributed by atoms with Crippen molar-refractivity contribution in [1.29, 1.82) is 0 Å². The highest BCUT2D eigenvalue weighted by molar-refractivity contribution is 8.18. The molecule has 2 aromatic carbocycles. The maximum Gasteiger partial charge on any atom is 0.141 e. The molecule has 0 aromatic heterocycles. The predicted molar refractivity (Wildman–Crippen MR) is 145 cm³/mol. The van der Waals surface area contributed by atoms with Gasteiger partial charge in [-0.2, -0.15) is 0 Å². The molecule has 2 atom stereocenters. The summed E-state index contributed by atoms with van der Waals surface area (Å²) >= 11 is 12.0. The quantitative estimate of drug-likeness (QED) is 0.438. The third-order valence-corrected chi connectivity index (χ3v) is 11.8. The van der Waals surface area contributed by atoms with Crippen LogP contribution < -0.4 is 5.32 Å². The third-order valence-electron chi connectivity index (χ3n) is 6.83. The van der Waals surface area contributed by atoms with E-state index in [9.17, 15) is 5.11 Å². The van der Waals surface area contributed by atoms with E-state index >= 15 is 0 Å². The first kappa shape index (κ1) is 24.0. The van der Waals surface area contributed by atoms with Crippen LogP contribution in [-0.2, 0) is 5.60 Å². The van der Waals surface area contributed by atoms with Gasteiger partial charge in [-0.25, -0.2) is 0 Å². The Morgan fingerprint density at radius 1 is 1.03 bits per heavy atom. The van der Waals surface area contributed by atoms with Gasteiger partial charge in [-0.05, 0) is 80.5 Å². The minimum absolute atomic E-state index is 0.386. The van der Waals surface area contributed by atoms with Crippen LogP contribution in [0.3, 0.4) is 0 Å². The Bertz CT molecular complexity index is 1050. The van der Waals surface area contributed by atoms with Gasteiger partial charge < -0.3 is 10.4 Å². The van der Waals surface area contributed by atoms with Crippen LogP contribution in [0.4, 0.5) is 0 Å². The standard InChI is InChI=1S/C27H30ClNOS3/c28-21-12-13-25-23(18-21)27(30,22-10-3-4-11-24(22)33-25)26(31-16-7-17-32-26)14-5-1-2-8-20-9-6-15-29-19-20/h3-4,10-13,18,20,29-30H,5-9,14-17,19H2.